The molecule has 1 nitrogen and oxygen atoms in total. The monoisotopic (exact) mass is 263 g/mol. The van der Waals surface area contributed by atoms with Crippen molar-refractivity contribution in [2.24, 2.45) is 17.8 Å². The van der Waals surface area contributed by atoms with Gasteiger partial charge in [0.25, 0.3) is 0 Å². The van der Waals surface area contributed by atoms with Crippen LogP contribution in [0.1, 0.15) is 55.3 Å². The fourth-order valence-electron chi connectivity index (χ4n) is 4.14. The number of hydrogen-bond donors (Lipinski definition) is 1. The molecular weight excluding hydrogens is 238 g/mol. The van der Waals surface area contributed by atoms with Gasteiger partial charge in [0.2, 0.25) is 0 Å². The number of fused-ring (bicyclic) bond motifs is 2. The van der Waals surface area contributed by atoms with Gasteiger partial charge in [-0.05, 0) is 62.1 Å². The highest BCUT2D eigenvalue weighted by Gasteiger charge is 2.43. The highest BCUT2D eigenvalue weighted by atomic mass is 32.1. The Labute approximate surface area is 115 Å². The Morgan fingerprint density at radius 2 is 2.17 bits per heavy atom. The summed E-state index contributed by atoms with van der Waals surface area (Å²) in [5.74, 6) is 2.96. The van der Waals surface area contributed by atoms with Crippen LogP contribution in [0.15, 0.2) is 12.1 Å². The van der Waals surface area contributed by atoms with E-state index in [0.717, 1.165) is 24.3 Å². The molecule has 0 saturated heterocycles. The first-order chi connectivity index (χ1) is 8.81. The van der Waals surface area contributed by atoms with E-state index in [1.54, 1.807) is 4.88 Å². The molecule has 18 heavy (non-hydrogen) atoms. The van der Waals surface area contributed by atoms with Crippen LogP contribution < -0.4 is 5.32 Å². The topological polar surface area (TPSA) is 12.0 Å². The van der Waals surface area contributed by atoms with Gasteiger partial charge in [-0.2, -0.15) is 0 Å². The van der Waals surface area contributed by atoms with Crippen molar-refractivity contribution >= 4 is 11.3 Å². The van der Waals surface area contributed by atoms with Crippen molar-refractivity contribution in [3.8, 4) is 0 Å². The zero-order valence-corrected chi connectivity index (χ0v) is 12.4. The van der Waals surface area contributed by atoms with Crippen molar-refractivity contribution in [2.45, 2.75) is 52.0 Å². The van der Waals surface area contributed by atoms with E-state index < -0.39 is 0 Å². The zero-order chi connectivity index (χ0) is 12.5. The minimum Gasteiger partial charge on any atom is -0.309 e. The third-order valence-corrected chi connectivity index (χ3v) is 6.30. The summed E-state index contributed by atoms with van der Waals surface area (Å²) >= 11 is 2.03. The average molecular weight is 263 g/mol. The SMILES string of the molecule is CCNC(c1ccc(CC)s1)C1CC2CCC1C2. The van der Waals surface area contributed by atoms with Crippen LogP contribution in [0.5, 0.6) is 0 Å². The predicted octanol–water partition coefficient (Wildman–Crippen LogP) is 4.40. The van der Waals surface area contributed by atoms with Crippen LogP contribution in [0, 0.1) is 17.8 Å². The van der Waals surface area contributed by atoms with E-state index in [4.69, 9.17) is 0 Å². The highest BCUT2D eigenvalue weighted by Crippen LogP contribution is 2.53. The van der Waals surface area contributed by atoms with Gasteiger partial charge >= 0.3 is 0 Å². The number of thiophene rings is 1. The smallest absolute Gasteiger partial charge is 0.0446 e. The van der Waals surface area contributed by atoms with Gasteiger partial charge in [0.15, 0.2) is 0 Å². The molecule has 2 fully saturated rings. The maximum absolute atomic E-state index is 3.77. The van der Waals surface area contributed by atoms with E-state index >= 15 is 0 Å². The Balaban J connectivity index is 1.79. The van der Waals surface area contributed by atoms with E-state index in [9.17, 15) is 0 Å². The first-order valence-corrected chi connectivity index (χ1v) is 8.45. The molecule has 2 aliphatic rings. The molecule has 0 radical (unpaired) electrons. The van der Waals surface area contributed by atoms with Gasteiger partial charge < -0.3 is 5.32 Å². The molecule has 0 aromatic carbocycles. The molecule has 0 spiro atoms. The van der Waals surface area contributed by atoms with Gasteiger partial charge in [-0.1, -0.05) is 20.3 Å². The van der Waals surface area contributed by atoms with Crippen LogP contribution >= 0.6 is 11.3 Å². The molecule has 4 unspecified atom stereocenters. The first kappa shape index (κ1) is 12.7. The fraction of sp³-hybridized carbons (Fsp3) is 0.750. The lowest BCUT2D eigenvalue weighted by Gasteiger charge is -2.30. The van der Waals surface area contributed by atoms with Crippen molar-refractivity contribution in [3.63, 3.8) is 0 Å². The highest BCUT2D eigenvalue weighted by molar-refractivity contribution is 7.12. The molecule has 3 rings (SSSR count). The third-order valence-electron chi connectivity index (χ3n) is 4.98. The summed E-state index contributed by atoms with van der Waals surface area (Å²) in [5, 5.41) is 3.77. The minimum absolute atomic E-state index is 0.635. The van der Waals surface area contributed by atoms with Gasteiger partial charge in [0, 0.05) is 15.8 Å². The third kappa shape index (κ3) is 2.25. The summed E-state index contributed by atoms with van der Waals surface area (Å²) in [6, 6.07) is 5.34. The largest absolute Gasteiger partial charge is 0.309 e. The molecule has 0 amide bonds. The van der Waals surface area contributed by atoms with Gasteiger partial charge in [-0.25, -0.2) is 0 Å². The first-order valence-electron chi connectivity index (χ1n) is 7.63. The number of aryl methyl sites for hydroxylation is 1. The molecule has 0 aliphatic heterocycles. The van der Waals surface area contributed by atoms with Gasteiger partial charge in [-0.15, -0.1) is 11.3 Å². The lowest BCUT2D eigenvalue weighted by Crippen LogP contribution is -2.30. The predicted molar refractivity (Wildman–Crippen MR) is 79.1 cm³/mol. The van der Waals surface area contributed by atoms with Crippen LogP contribution in [0.4, 0.5) is 0 Å². The average Bonchev–Trinajstić information content (AvgIpc) is 3.10. The molecule has 2 bridgehead atoms. The van der Waals surface area contributed by atoms with Crippen LogP contribution in [0.25, 0.3) is 0 Å². The molecule has 1 heterocycles. The molecule has 1 N–H and O–H groups in total. The molecule has 1 aromatic heterocycles. The standard InChI is InChI=1S/C16H25NS/c1-3-13-7-8-15(18-13)16(17-4-2)14-10-11-5-6-12(14)9-11/h7-8,11-12,14,16-17H,3-6,9-10H2,1-2H3. The molecular formula is C16H25NS. The summed E-state index contributed by atoms with van der Waals surface area (Å²) in [7, 11) is 0. The normalized spacial score (nSPS) is 32.0. The van der Waals surface area contributed by atoms with E-state index in [1.165, 1.54) is 37.0 Å². The van der Waals surface area contributed by atoms with E-state index in [1.807, 2.05) is 11.3 Å². The summed E-state index contributed by atoms with van der Waals surface area (Å²) in [6.07, 6.45) is 7.16. The molecule has 2 aliphatic carbocycles. The van der Waals surface area contributed by atoms with E-state index in [2.05, 4.69) is 31.3 Å². The van der Waals surface area contributed by atoms with Crippen LogP contribution in [-0.4, -0.2) is 6.54 Å². The Bertz CT molecular complexity index is 398. The second-order valence-electron chi connectivity index (χ2n) is 6.03. The molecule has 4 atom stereocenters. The van der Waals surface area contributed by atoms with E-state index in [0.29, 0.717) is 6.04 Å². The molecule has 2 saturated carbocycles. The van der Waals surface area contributed by atoms with Crippen molar-refractivity contribution in [3.05, 3.63) is 21.9 Å². The fourth-order valence-corrected chi connectivity index (χ4v) is 5.24. The molecule has 1 aromatic rings. The van der Waals surface area contributed by atoms with E-state index in [-0.39, 0.29) is 0 Å². The number of nitrogens with one attached hydrogen (secondary N) is 1. The summed E-state index contributed by atoms with van der Waals surface area (Å²) in [5.41, 5.74) is 0. The van der Waals surface area contributed by atoms with Crippen LogP contribution in [-0.2, 0) is 6.42 Å². The van der Waals surface area contributed by atoms with Gasteiger partial charge in [0.1, 0.15) is 0 Å². The quantitative estimate of drug-likeness (QED) is 0.830. The second kappa shape index (κ2) is 5.34. The Kier molecular flexibility index (Phi) is 3.76. The Morgan fingerprint density at radius 1 is 1.28 bits per heavy atom. The molecule has 100 valence electrons. The van der Waals surface area contributed by atoms with Crippen LogP contribution in [0.3, 0.4) is 0 Å². The summed E-state index contributed by atoms with van der Waals surface area (Å²) < 4.78 is 0. The van der Waals surface area contributed by atoms with Crippen molar-refractivity contribution in [2.75, 3.05) is 6.54 Å². The lowest BCUT2D eigenvalue weighted by atomic mass is 9.82. The second-order valence-corrected chi connectivity index (χ2v) is 7.23. The number of hydrogen-bond acceptors (Lipinski definition) is 2. The lowest BCUT2D eigenvalue weighted by molar-refractivity contribution is 0.256. The van der Waals surface area contributed by atoms with Gasteiger partial charge in [-0.3, -0.25) is 0 Å². The van der Waals surface area contributed by atoms with Crippen molar-refractivity contribution < 1.29 is 0 Å². The maximum atomic E-state index is 3.77. The van der Waals surface area contributed by atoms with Crippen LogP contribution in [0.2, 0.25) is 0 Å². The van der Waals surface area contributed by atoms with Crippen molar-refractivity contribution in [1.82, 2.24) is 5.32 Å². The zero-order valence-electron chi connectivity index (χ0n) is 11.6. The summed E-state index contributed by atoms with van der Waals surface area (Å²) in [4.78, 5) is 3.13. The molecule has 2 heteroatoms. The summed E-state index contributed by atoms with van der Waals surface area (Å²) in [6.45, 7) is 5.60. The van der Waals surface area contributed by atoms with Crippen molar-refractivity contribution in [1.29, 1.82) is 0 Å². The van der Waals surface area contributed by atoms with Gasteiger partial charge in [0.05, 0.1) is 0 Å². The Hall–Kier alpha value is -0.340. The minimum atomic E-state index is 0.635. The number of rotatable bonds is 5. The Morgan fingerprint density at radius 3 is 2.72 bits per heavy atom. The maximum Gasteiger partial charge on any atom is 0.0446 e.